The van der Waals surface area contributed by atoms with Crippen LogP contribution in [-0.4, -0.2) is 16.1 Å². The number of anilines is 1. The standard InChI is InChI=1S/C12H11Cl2N3O2/c1-2-3-10(18)15-12-17-16-11(19-12)8-5-4-7(13)6-9(8)14/h4-6H,2-3H2,1H3,(H,15,17,18). The fraction of sp³-hybridized carbons (Fsp3) is 0.250. The second kappa shape index (κ2) is 6.04. The first kappa shape index (κ1) is 13.8. The molecule has 0 saturated carbocycles. The Balaban J connectivity index is 2.18. The van der Waals surface area contributed by atoms with E-state index in [-0.39, 0.29) is 17.8 Å². The topological polar surface area (TPSA) is 68.0 Å². The van der Waals surface area contributed by atoms with Crippen LogP contribution in [0, 0.1) is 0 Å². The molecule has 0 bridgehead atoms. The summed E-state index contributed by atoms with van der Waals surface area (Å²) in [7, 11) is 0. The van der Waals surface area contributed by atoms with Gasteiger partial charge in [0, 0.05) is 11.4 Å². The minimum Gasteiger partial charge on any atom is -0.403 e. The van der Waals surface area contributed by atoms with Gasteiger partial charge in [-0.2, -0.15) is 0 Å². The summed E-state index contributed by atoms with van der Waals surface area (Å²) in [5, 5.41) is 11.0. The third kappa shape index (κ3) is 3.45. The maximum absolute atomic E-state index is 11.4. The van der Waals surface area contributed by atoms with Gasteiger partial charge < -0.3 is 4.42 Å². The number of rotatable bonds is 4. The van der Waals surface area contributed by atoms with E-state index < -0.39 is 0 Å². The highest BCUT2D eigenvalue weighted by molar-refractivity contribution is 6.36. The Labute approximate surface area is 119 Å². The molecule has 19 heavy (non-hydrogen) atoms. The van der Waals surface area contributed by atoms with Crippen molar-refractivity contribution in [3.05, 3.63) is 28.2 Å². The van der Waals surface area contributed by atoms with E-state index in [2.05, 4.69) is 15.5 Å². The molecule has 0 unspecified atom stereocenters. The molecule has 2 rings (SSSR count). The minimum atomic E-state index is -0.167. The summed E-state index contributed by atoms with van der Waals surface area (Å²) in [6.07, 6.45) is 1.15. The molecule has 0 atom stereocenters. The molecule has 0 aliphatic rings. The molecule has 0 aliphatic heterocycles. The molecule has 0 saturated heterocycles. The summed E-state index contributed by atoms with van der Waals surface area (Å²) in [5.74, 6) is 0.0633. The Bertz CT molecular complexity index is 598. The summed E-state index contributed by atoms with van der Waals surface area (Å²) >= 11 is 11.8. The van der Waals surface area contributed by atoms with Crippen LogP contribution in [-0.2, 0) is 4.79 Å². The lowest BCUT2D eigenvalue weighted by molar-refractivity contribution is -0.116. The van der Waals surface area contributed by atoms with Crippen LogP contribution >= 0.6 is 23.2 Å². The zero-order valence-corrected chi connectivity index (χ0v) is 11.6. The number of nitrogens with zero attached hydrogens (tertiary/aromatic N) is 2. The molecule has 0 radical (unpaired) electrons. The third-order valence-electron chi connectivity index (χ3n) is 2.31. The predicted octanol–water partition coefficient (Wildman–Crippen LogP) is 3.78. The third-order valence-corrected chi connectivity index (χ3v) is 2.86. The van der Waals surface area contributed by atoms with Gasteiger partial charge >= 0.3 is 6.01 Å². The second-order valence-electron chi connectivity index (χ2n) is 3.83. The summed E-state index contributed by atoms with van der Waals surface area (Å²) in [6.45, 7) is 1.91. The van der Waals surface area contributed by atoms with E-state index in [1.165, 1.54) is 0 Å². The van der Waals surface area contributed by atoms with Gasteiger partial charge in [-0.3, -0.25) is 10.1 Å². The average Bonchev–Trinajstić information content (AvgIpc) is 2.77. The van der Waals surface area contributed by atoms with Crippen molar-refractivity contribution in [3.63, 3.8) is 0 Å². The highest BCUT2D eigenvalue weighted by Crippen LogP contribution is 2.30. The Kier molecular flexibility index (Phi) is 4.39. The molecule has 1 amide bonds. The van der Waals surface area contributed by atoms with E-state index in [1.807, 2.05) is 6.92 Å². The van der Waals surface area contributed by atoms with Gasteiger partial charge in [0.25, 0.3) is 5.89 Å². The zero-order chi connectivity index (χ0) is 13.8. The highest BCUT2D eigenvalue weighted by Gasteiger charge is 2.13. The molecule has 2 aromatic rings. The highest BCUT2D eigenvalue weighted by atomic mass is 35.5. The number of amides is 1. The van der Waals surface area contributed by atoms with Crippen molar-refractivity contribution in [1.29, 1.82) is 0 Å². The molecule has 0 fully saturated rings. The molecular formula is C12H11Cl2N3O2. The Morgan fingerprint density at radius 2 is 2.16 bits per heavy atom. The predicted molar refractivity (Wildman–Crippen MR) is 73.3 cm³/mol. The lowest BCUT2D eigenvalue weighted by atomic mass is 10.2. The molecular weight excluding hydrogens is 289 g/mol. The van der Waals surface area contributed by atoms with Crippen molar-refractivity contribution in [2.45, 2.75) is 19.8 Å². The fourth-order valence-electron chi connectivity index (χ4n) is 1.45. The summed E-state index contributed by atoms with van der Waals surface area (Å²) < 4.78 is 5.33. The van der Waals surface area contributed by atoms with Crippen LogP contribution in [0.3, 0.4) is 0 Å². The molecule has 5 nitrogen and oxygen atoms in total. The van der Waals surface area contributed by atoms with Crippen LogP contribution in [0.25, 0.3) is 11.5 Å². The van der Waals surface area contributed by atoms with Gasteiger partial charge in [0.15, 0.2) is 0 Å². The zero-order valence-electron chi connectivity index (χ0n) is 10.1. The van der Waals surface area contributed by atoms with Crippen LogP contribution in [0.5, 0.6) is 0 Å². The summed E-state index contributed by atoms with van der Waals surface area (Å²) in [4.78, 5) is 11.4. The van der Waals surface area contributed by atoms with Gasteiger partial charge in [0.1, 0.15) is 0 Å². The SMILES string of the molecule is CCCC(=O)Nc1nnc(-c2ccc(Cl)cc2Cl)o1. The molecule has 0 spiro atoms. The lowest BCUT2D eigenvalue weighted by Gasteiger charge is -1.99. The van der Waals surface area contributed by atoms with E-state index >= 15 is 0 Å². The van der Waals surface area contributed by atoms with Crippen LogP contribution in [0.1, 0.15) is 19.8 Å². The van der Waals surface area contributed by atoms with Crippen molar-refractivity contribution in [2.24, 2.45) is 0 Å². The van der Waals surface area contributed by atoms with Gasteiger partial charge in [0.2, 0.25) is 5.91 Å². The van der Waals surface area contributed by atoms with Crippen molar-refractivity contribution in [2.75, 3.05) is 5.32 Å². The van der Waals surface area contributed by atoms with Crippen LogP contribution < -0.4 is 5.32 Å². The Morgan fingerprint density at radius 1 is 1.37 bits per heavy atom. The quantitative estimate of drug-likeness (QED) is 0.933. The van der Waals surface area contributed by atoms with Crippen LogP contribution in [0.4, 0.5) is 6.01 Å². The number of benzene rings is 1. The van der Waals surface area contributed by atoms with Gasteiger partial charge in [-0.25, -0.2) is 0 Å². The fourth-order valence-corrected chi connectivity index (χ4v) is 1.94. The molecule has 1 aromatic carbocycles. The molecule has 100 valence electrons. The van der Waals surface area contributed by atoms with Crippen molar-refractivity contribution in [1.82, 2.24) is 10.2 Å². The lowest BCUT2D eigenvalue weighted by Crippen LogP contribution is -2.10. The molecule has 0 aliphatic carbocycles. The minimum absolute atomic E-state index is 0.0551. The normalized spacial score (nSPS) is 10.5. The number of carbonyl (C=O) groups excluding carboxylic acids is 1. The number of carbonyl (C=O) groups is 1. The molecule has 1 aromatic heterocycles. The number of halogens is 2. The second-order valence-corrected chi connectivity index (χ2v) is 4.68. The summed E-state index contributed by atoms with van der Waals surface area (Å²) in [5.41, 5.74) is 0.564. The van der Waals surface area contributed by atoms with Gasteiger partial charge in [-0.15, -0.1) is 5.10 Å². The molecule has 7 heteroatoms. The van der Waals surface area contributed by atoms with Gasteiger partial charge in [-0.05, 0) is 24.6 Å². The number of hydrogen-bond donors (Lipinski definition) is 1. The number of hydrogen-bond acceptors (Lipinski definition) is 4. The van der Waals surface area contributed by atoms with Crippen LogP contribution in [0.15, 0.2) is 22.6 Å². The average molecular weight is 300 g/mol. The van der Waals surface area contributed by atoms with Gasteiger partial charge in [0.05, 0.1) is 10.6 Å². The maximum atomic E-state index is 11.4. The maximum Gasteiger partial charge on any atom is 0.322 e. The Hall–Kier alpha value is -1.59. The van der Waals surface area contributed by atoms with E-state index in [4.69, 9.17) is 27.6 Å². The Morgan fingerprint density at radius 3 is 2.84 bits per heavy atom. The van der Waals surface area contributed by atoms with Crippen LogP contribution in [0.2, 0.25) is 10.0 Å². The van der Waals surface area contributed by atoms with Crippen molar-refractivity contribution in [3.8, 4) is 11.5 Å². The molecule has 1 N–H and O–H groups in total. The van der Waals surface area contributed by atoms with Gasteiger partial charge in [-0.1, -0.05) is 35.2 Å². The molecule has 1 heterocycles. The van der Waals surface area contributed by atoms with E-state index in [0.717, 1.165) is 6.42 Å². The van der Waals surface area contributed by atoms with E-state index in [1.54, 1.807) is 18.2 Å². The first-order valence-electron chi connectivity index (χ1n) is 5.69. The van der Waals surface area contributed by atoms with Crippen molar-refractivity contribution >= 4 is 35.1 Å². The number of nitrogens with one attached hydrogen (secondary N) is 1. The monoisotopic (exact) mass is 299 g/mol. The van der Waals surface area contributed by atoms with E-state index in [9.17, 15) is 4.79 Å². The first-order valence-corrected chi connectivity index (χ1v) is 6.44. The largest absolute Gasteiger partial charge is 0.403 e. The smallest absolute Gasteiger partial charge is 0.322 e. The van der Waals surface area contributed by atoms with E-state index in [0.29, 0.717) is 22.0 Å². The summed E-state index contributed by atoms with van der Waals surface area (Å²) in [6, 6.07) is 4.98. The van der Waals surface area contributed by atoms with Crippen molar-refractivity contribution < 1.29 is 9.21 Å². The number of aromatic nitrogens is 2. The first-order chi connectivity index (χ1) is 9.10.